The van der Waals surface area contributed by atoms with E-state index in [1.807, 2.05) is 47.4 Å². The number of hydrogen-bond acceptors (Lipinski definition) is 5. The smallest absolute Gasteiger partial charge is 0.399 e. The Kier molecular flexibility index (Phi) is 7.05. The maximum Gasteiger partial charge on any atom is 0.511 e. The summed E-state index contributed by atoms with van der Waals surface area (Å²) in [5, 5.41) is 0. The van der Waals surface area contributed by atoms with Crippen molar-refractivity contribution in [3.05, 3.63) is 89.2 Å². The molecule has 1 aliphatic rings. The third-order valence-corrected chi connectivity index (χ3v) is 7.84. The quantitative estimate of drug-likeness (QED) is 0.529. The van der Waals surface area contributed by atoms with Crippen LogP contribution in [0.15, 0.2) is 66.9 Å². The molecule has 2 N–H and O–H groups in total. The second kappa shape index (κ2) is 9.87. The van der Waals surface area contributed by atoms with Crippen LogP contribution >= 0.6 is 0 Å². The van der Waals surface area contributed by atoms with Gasteiger partial charge in [-0.2, -0.15) is 17.5 Å². The maximum absolute atomic E-state index is 13.6. The van der Waals surface area contributed by atoms with Crippen molar-refractivity contribution in [2.45, 2.75) is 44.4 Å². The van der Waals surface area contributed by atoms with Gasteiger partial charge in [-0.25, -0.2) is 8.42 Å². The average molecular weight is 505 g/mol. The Balaban J connectivity index is 1.79. The number of halogens is 3. The van der Waals surface area contributed by atoms with Crippen LogP contribution in [0.5, 0.6) is 0 Å². The average Bonchev–Trinajstić information content (AvgIpc) is 2.96. The van der Waals surface area contributed by atoms with Gasteiger partial charge in [-0.3, -0.25) is 4.98 Å². The van der Waals surface area contributed by atoms with Gasteiger partial charge in [-0.05, 0) is 54.7 Å². The Morgan fingerprint density at radius 2 is 1.83 bits per heavy atom. The highest BCUT2D eigenvalue weighted by Crippen LogP contribution is 2.37. The molecule has 0 amide bonds. The number of rotatable bonds is 6. The Labute approximate surface area is 203 Å². The lowest BCUT2D eigenvalue weighted by Crippen LogP contribution is -2.47. The van der Waals surface area contributed by atoms with E-state index in [9.17, 15) is 21.6 Å². The zero-order valence-electron chi connectivity index (χ0n) is 19.2. The summed E-state index contributed by atoms with van der Waals surface area (Å²) in [6, 6.07) is 17.9. The van der Waals surface area contributed by atoms with Gasteiger partial charge in [-0.1, -0.05) is 42.5 Å². The van der Waals surface area contributed by atoms with E-state index in [0.717, 1.165) is 11.1 Å². The predicted molar refractivity (Wildman–Crippen MR) is 130 cm³/mol. The lowest BCUT2D eigenvalue weighted by atomic mass is 10.0. The van der Waals surface area contributed by atoms with Gasteiger partial charge < -0.3 is 10.6 Å². The first kappa shape index (κ1) is 25.0. The number of pyridine rings is 1. The molecule has 1 aromatic heterocycles. The van der Waals surface area contributed by atoms with Gasteiger partial charge in [0.05, 0.1) is 12.2 Å². The van der Waals surface area contributed by atoms with Crippen molar-refractivity contribution in [2.24, 2.45) is 0 Å². The van der Waals surface area contributed by atoms with Gasteiger partial charge in [0, 0.05) is 36.7 Å². The van der Waals surface area contributed by atoms with Gasteiger partial charge in [-0.15, -0.1) is 0 Å². The van der Waals surface area contributed by atoms with Crippen molar-refractivity contribution in [3.8, 4) is 0 Å². The summed E-state index contributed by atoms with van der Waals surface area (Å²) in [6.07, 6.45) is 2.61. The number of aromatic nitrogens is 1. The van der Waals surface area contributed by atoms with Crippen LogP contribution in [-0.4, -0.2) is 35.8 Å². The molecular formula is C25H27F3N4O2S. The Bertz CT molecular complexity index is 1280. The topological polar surface area (TPSA) is 79.5 Å². The van der Waals surface area contributed by atoms with E-state index in [-0.39, 0.29) is 19.6 Å². The summed E-state index contributed by atoms with van der Waals surface area (Å²) in [4.78, 5) is 6.36. The largest absolute Gasteiger partial charge is 0.511 e. The Hall–Kier alpha value is -3.11. The fourth-order valence-electron chi connectivity index (χ4n) is 4.46. The lowest BCUT2D eigenvalue weighted by Gasteiger charge is -2.34. The van der Waals surface area contributed by atoms with Gasteiger partial charge >= 0.3 is 15.5 Å². The van der Waals surface area contributed by atoms with Crippen molar-refractivity contribution in [1.82, 2.24) is 9.29 Å². The van der Waals surface area contributed by atoms with Crippen LogP contribution in [0.4, 0.5) is 24.5 Å². The fraction of sp³-hybridized carbons (Fsp3) is 0.320. The first-order valence-electron chi connectivity index (χ1n) is 11.2. The molecule has 0 unspecified atom stereocenters. The molecule has 6 nitrogen and oxygen atoms in total. The lowest BCUT2D eigenvalue weighted by molar-refractivity contribution is -0.0492. The zero-order chi connectivity index (χ0) is 25.2. The van der Waals surface area contributed by atoms with Crippen molar-refractivity contribution in [2.75, 3.05) is 17.2 Å². The van der Waals surface area contributed by atoms with Crippen LogP contribution in [0.1, 0.15) is 28.8 Å². The van der Waals surface area contributed by atoms with Crippen LogP contribution in [0.2, 0.25) is 0 Å². The molecule has 0 radical (unpaired) electrons. The number of nitrogens with two attached hydrogens (primary N) is 1. The monoisotopic (exact) mass is 504 g/mol. The Morgan fingerprint density at radius 1 is 1.09 bits per heavy atom. The van der Waals surface area contributed by atoms with E-state index in [1.165, 1.54) is 0 Å². The molecule has 10 heteroatoms. The maximum atomic E-state index is 13.6. The number of nitrogens with zero attached hydrogens (tertiary/aromatic N) is 3. The van der Waals surface area contributed by atoms with E-state index in [0.29, 0.717) is 39.8 Å². The third kappa shape index (κ3) is 5.43. The first-order valence-corrected chi connectivity index (χ1v) is 12.7. The highest BCUT2D eigenvalue weighted by Gasteiger charge is 2.51. The molecule has 3 aromatic rings. The number of fused-ring (bicyclic) bond motifs is 1. The molecule has 2 aromatic carbocycles. The zero-order valence-corrected chi connectivity index (χ0v) is 20.1. The van der Waals surface area contributed by atoms with Crippen LogP contribution in [-0.2, 0) is 29.5 Å². The van der Waals surface area contributed by atoms with Crippen molar-refractivity contribution in [3.63, 3.8) is 0 Å². The SMILES string of the molecule is Cc1cccc2c1CN(S(=O)(=O)C(F)(F)F)C[C@@H](CCc1ccccc1)N2Cc1cc(N)ccn1. The predicted octanol–water partition coefficient (Wildman–Crippen LogP) is 4.65. The van der Waals surface area contributed by atoms with Crippen molar-refractivity contribution in [1.29, 1.82) is 0 Å². The van der Waals surface area contributed by atoms with Crippen molar-refractivity contribution < 1.29 is 21.6 Å². The molecule has 0 bridgehead atoms. The number of alkyl halides is 3. The molecule has 2 heterocycles. The summed E-state index contributed by atoms with van der Waals surface area (Å²) >= 11 is 0. The van der Waals surface area contributed by atoms with Crippen LogP contribution in [0, 0.1) is 6.92 Å². The number of sulfonamides is 1. The van der Waals surface area contributed by atoms with Crippen LogP contribution < -0.4 is 10.6 Å². The number of benzene rings is 2. The normalized spacial score (nSPS) is 17.1. The standard InChI is InChI=1S/C25H27F3N4O2S/c1-18-6-5-9-24-23(18)17-31(35(33,34)25(26,27)28)16-22(11-10-19-7-3-2-4-8-19)32(24)15-21-14-20(29)12-13-30-21/h2-9,12-14,22H,10-11,15-17H2,1H3,(H2,29,30)/t22-/m1/s1. The molecular weight excluding hydrogens is 477 g/mol. The van der Waals surface area contributed by atoms with Gasteiger partial charge in [0.15, 0.2) is 0 Å². The second-order valence-corrected chi connectivity index (χ2v) is 10.6. The van der Waals surface area contributed by atoms with Gasteiger partial charge in [0.1, 0.15) is 0 Å². The van der Waals surface area contributed by atoms with Gasteiger partial charge in [0.25, 0.3) is 0 Å². The number of nitrogen functional groups attached to an aromatic ring is 1. The summed E-state index contributed by atoms with van der Waals surface area (Å²) in [7, 11) is -5.53. The van der Waals surface area contributed by atoms with E-state index in [2.05, 4.69) is 4.98 Å². The third-order valence-electron chi connectivity index (χ3n) is 6.30. The Morgan fingerprint density at radius 3 is 2.51 bits per heavy atom. The molecule has 1 aliphatic heterocycles. The van der Waals surface area contributed by atoms with Gasteiger partial charge in [0.2, 0.25) is 0 Å². The molecule has 0 saturated carbocycles. The van der Waals surface area contributed by atoms with Crippen LogP contribution in [0.25, 0.3) is 0 Å². The molecule has 35 heavy (non-hydrogen) atoms. The van der Waals surface area contributed by atoms with E-state index in [4.69, 9.17) is 5.73 Å². The molecule has 186 valence electrons. The minimum absolute atomic E-state index is 0.279. The minimum Gasteiger partial charge on any atom is -0.399 e. The second-order valence-electron chi connectivity index (χ2n) is 8.70. The van der Waals surface area contributed by atoms with Crippen LogP contribution in [0.3, 0.4) is 0 Å². The molecule has 0 fully saturated rings. The molecule has 4 rings (SSSR count). The summed E-state index contributed by atoms with van der Waals surface area (Å²) < 4.78 is 66.6. The van der Waals surface area contributed by atoms with E-state index in [1.54, 1.807) is 31.3 Å². The highest BCUT2D eigenvalue weighted by atomic mass is 32.2. The minimum atomic E-state index is -5.53. The first-order chi connectivity index (χ1) is 16.6. The van der Waals surface area contributed by atoms with E-state index >= 15 is 0 Å². The number of anilines is 2. The summed E-state index contributed by atoms with van der Waals surface area (Å²) in [5.41, 5.74) is 4.72. The highest BCUT2D eigenvalue weighted by molar-refractivity contribution is 7.89. The fourth-order valence-corrected chi connectivity index (χ4v) is 5.42. The molecule has 1 atom stereocenters. The molecule has 0 aliphatic carbocycles. The summed E-state index contributed by atoms with van der Waals surface area (Å²) in [5.74, 6) is 0. The molecule has 0 spiro atoms. The number of hydrogen-bond donors (Lipinski definition) is 1. The van der Waals surface area contributed by atoms with E-state index < -0.39 is 21.6 Å². The molecule has 0 saturated heterocycles. The number of aryl methyl sites for hydroxylation is 2. The summed E-state index contributed by atoms with van der Waals surface area (Å²) in [6.45, 7) is 1.40. The van der Waals surface area contributed by atoms with Crippen molar-refractivity contribution >= 4 is 21.4 Å².